The van der Waals surface area contributed by atoms with Gasteiger partial charge in [-0.05, 0) is 24.7 Å². The largest absolute Gasteiger partial charge is 0.505 e. The Morgan fingerprint density at radius 2 is 2.39 bits per heavy atom. The van der Waals surface area contributed by atoms with Crippen LogP contribution in [0, 0.1) is 5.82 Å². The molecule has 0 aliphatic carbocycles. The van der Waals surface area contributed by atoms with Gasteiger partial charge < -0.3 is 15.2 Å². The van der Waals surface area contributed by atoms with Crippen LogP contribution in [0.3, 0.4) is 0 Å². The number of aromatic hydroxyl groups is 1. The van der Waals surface area contributed by atoms with Crippen molar-refractivity contribution in [2.45, 2.75) is 12.6 Å². The lowest BCUT2D eigenvalue weighted by Crippen LogP contribution is -2.45. The molecule has 1 fully saturated rings. The molecular weight excluding hydrogens is 235 g/mol. The van der Waals surface area contributed by atoms with Crippen molar-refractivity contribution < 1.29 is 14.2 Å². The average molecular weight is 254 g/mol. The van der Waals surface area contributed by atoms with Gasteiger partial charge in [-0.25, -0.2) is 4.39 Å². The lowest BCUT2D eigenvalue weighted by molar-refractivity contribution is -0.0291. The smallest absolute Gasteiger partial charge is 0.165 e. The number of phenolic OH excluding ortho intramolecular Hbond substituents is 1. The SMILES string of the molecule is CNCC1CN(Cc2ccc(O)c(F)c2)CCO1. The third-order valence-electron chi connectivity index (χ3n) is 3.07. The van der Waals surface area contributed by atoms with Crippen molar-refractivity contribution >= 4 is 0 Å². The number of halogens is 1. The van der Waals surface area contributed by atoms with Crippen LogP contribution < -0.4 is 5.32 Å². The van der Waals surface area contributed by atoms with Gasteiger partial charge in [-0.2, -0.15) is 0 Å². The number of nitrogens with zero attached hydrogens (tertiary/aromatic N) is 1. The minimum Gasteiger partial charge on any atom is -0.505 e. The zero-order valence-electron chi connectivity index (χ0n) is 10.5. The highest BCUT2D eigenvalue weighted by molar-refractivity contribution is 5.27. The van der Waals surface area contributed by atoms with E-state index in [1.807, 2.05) is 7.05 Å². The van der Waals surface area contributed by atoms with E-state index < -0.39 is 5.82 Å². The average Bonchev–Trinajstić information content (AvgIpc) is 2.35. The van der Waals surface area contributed by atoms with Gasteiger partial charge >= 0.3 is 0 Å². The van der Waals surface area contributed by atoms with Crippen molar-refractivity contribution in [3.8, 4) is 5.75 Å². The van der Waals surface area contributed by atoms with E-state index >= 15 is 0 Å². The van der Waals surface area contributed by atoms with Crippen LogP contribution in [0.15, 0.2) is 18.2 Å². The number of hydrogen-bond donors (Lipinski definition) is 2. The van der Waals surface area contributed by atoms with Gasteiger partial charge in [0.25, 0.3) is 0 Å². The Morgan fingerprint density at radius 3 is 3.11 bits per heavy atom. The third-order valence-corrected chi connectivity index (χ3v) is 3.07. The molecule has 18 heavy (non-hydrogen) atoms. The number of ether oxygens (including phenoxy) is 1. The number of rotatable bonds is 4. The topological polar surface area (TPSA) is 44.7 Å². The number of morpholine rings is 1. The van der Waals surface area contributed by atoms with Crippen molar-refractivity contribution in [1.82, 2.24) is 10.2 Å². The third kappa shape index (κ3) is 3.41. The first-order valence-corrected chi connectivity index (χ1v) is 6.15. The molecule has 0 saturated carbocycles. The van der Waals surface area contributed by atoms with Gasteiger partial charge in [0.15, 0.2) is 11.6 Å². The first kappa shape index (κ1) is 13.3. The van der Waals surface area contributed by atoms with E-state index in [9.17, 15) is 4.39 Å². The van der Waals surface area contributed by atoms with E-state index in [0.717, 1.165) is 25.2 Å². The van der Waals surface area contributed by atoms with Crippen LogP contribution in [0.4, 0.5) is 4.39 Å². The minimum atomic E-state index is -0.562. The number of benzene rings is 1. The Balaban J connectivity index is 1.93. The Labute approximate surface area is 106 Å². The molecule has 4 nitrogen and oxygen atoms in total. The predicted octanol–water partition coefficient (Wildman–Crippen LogP) is 0.951. The summed E-state index contributed by atoms with van der Waals surface area (Å²) in [5.74, 6) is -0.860. The summed E-state index contributed by atoms with van der Waals surface area (Å²) >= 11 is 0. The highest BCUT2D eigenvalue weighted by atomic mass is 19.1. The molecule has 0 bridgehead atoms. The molecule has 1 saturated heterocycles. The molecule has 1 aromatic carbocycles. The normalized spacial score (nSPS) is 21.1. The van der Waals surface area contributed by atoms with Crippen molar-refractivity contribution in [2.75, 3.05) is 33.3 Å². The van der Waals surface area contributed by atoms with Crippen molar-refractivity contribution in [3.05, 3.63) is 29.6 Å². The number of likely N-dealkylation sites (N-methyl/N-ethyl adjacent to an activating group) is 1. The minimum absolute atomic E-state index is 0.186. The first-order valence-electron chi connectivity index (χ1n) is 6.15. The second-order valence-electron chi connectivity index (χ2n) is 4.57. The fourth-order valence-corrected chi connectivity index (χ4v) is 2.18. The van der Waals surface area contributed by atoms with E-state index in [-0.39, 0.29) is 11.9 Å². The summed E-state index contributed by atoms with van der Waals surface area (Å²) < 4.78 is 18.8. The van der Waals surface area contributed by atoms with Gasteiger partial charge in [0.2, 0.25) is 0 Å². The lowest BCUT2D eigenvalue weighted by Gasteiger charge is -2.32. The molecule has 2 N–H and O–H groups in total. The molecule has 1 unspecified atom stereocenters. The van der Waals surface area contributed by atoms with Gasteiger partial charge in [0.05, 0.1) is 12.7 Å². The van der Waals surface area contributed by atoms with Crippen molar-refractivity contribution in [1.29, 1.82) is 0 Å². The molecule has 1 heterocycles. The fraction of sp³-hybridized carbons (Fsp3) is 0.538. The molecule has 0 radical (unpaired) electrons. The number of nitrogens with one attached hydrogen (secondary N) is 1. The maximum Gasteiger partial charge on any atom is 0.165 e. The summed E-state index contributed by atoms with van der Waals surface area (Å²) in [7, 11) is 1.90. The first-order chi connectivity index (χ1) is 8.69. The summed E-state index contributed by atoms with van der Waals surface area (Å²) in [5, 5.41) is 12.2. The monoisotopic (exact) mass is 254 g/mol. The highest BCUT2D eigenvalue weighted by Crippen LogP contribution is 2.18. The highest BCUT2D eigenvalue weighted by Gasteiger charge is 2.19. The maximum absolute atomic E-state index is 13.2. The zero-order chi connectivity index (χ0) is 13.0. The summed E-state index contributed by atoms with van der Waals surface area (Å²) in [4.78, 5) is 2.23. The molecule has 1 aliphatic rings. The second kappa shape index (κ2) is 6.13. The molecule has 0 aromatic heterocycles. The predicted molar refractivity (Wildman–Crippen MR) is 67.0 cm³/mol. The molecule has 1 atom stereocenters. The van der Waals surface area contributed by atoms with Crippen LogP contribution in [-0.2, 0) is 11.3 Å². The number of phenols is 1. The van der Waals surface area contributed by atoms with Crippen LogP contribution in [0.1, 0.15) is 5.56 Å². The molecule has 100 valence electrons. The van der Waals surface area contributed by atoms with Gasteiger partial charge in [0, 0.05) is 26.2 Å². The summed E-state index contributed by atoms with van der Waals surface area (Å²) in [6.45, 7) is 3.89. The molecule has 5 heteroatoms. The molecule has 2 rings (SSSR count). The Kier molecular flexibility index (Phi) is 4.52. The van der Waals surface area contributed by atoms with E-state index in [1.165, 1.54) is 12.1 Å². The van der Waals surface area contributed by atoms with Crippen molar-refractivity contribution in [3.63, 3.8) is 0 Å². The summed E-state index contributed by atoms with van der Waals surface area (Å²) in [6, 6.07) is 4.54. The van der Waals surface area contributed by atoms with E-state index in [4.69, 9.17) is 9.84 Å². The molecule has 0 amide bonds. The van der Waals surface area contributed by atoms with Crippen LogP contribution in [0.5, 0.6) is 5.75 Å². The van der Waals surface area contributed by atoms with Gasteiger partial charge in [-0.1, -0.05) is 6.07 Å². The van der Waals surface area contributed by atoms with Crippen molar-refractivity contribution in [2.24, 2.45) is 0 Å². The summed E-state index contributed by atoms with van der Waals surface area (Å²) in [5.41, 5.74) is 0.871. The standard InChI is InChI=1S/C13H19FN2O2/c1-15-7-11-9-16(4-5-18-11)8-10-2-3-13(17)12(14)6-10/h2-3,6,11,15,17H,4-5,7-9H2,1H3. The van der Waals surface area contributed by atoms with E-state index in [0.29, 0.717) is 13.2 Å². The molecule has 1 aromatic rings. The number of hydrogen-bond acceptors (Lipinski definition) is 4. The fourth-order valence-electron chi connectivity index (χ4n) is 2.18. The maximum atomic E-state index is 13.2. The van der Waals surface area contributed by atoms with E-state index in [1.54, 1.807) is 6.07 Å². The van der Waals surface area contributed by atoms with Crippen LogP contribution >= 0.6 is 0 Å². The lowest BCUT2D eigenvalue weighted by atomic mass is 10.1. The Morgan fingerprint density at radius 1 is 1.56 bits per heavy atom. The van der Waals surface area contributed by atoms with Gasteiger partial charge in [-0.15, -0.1) is 0 Å². The van der Waals surface area contributed by atoms with Gasteiger partial charge in [0.1, 0.15) is 0 Å². The van der Waals surface area contributed by atoms with Gasteiger partial charge in [-0.3, -0.25) is 4.90 Å². The van der Waals surface area contributed by atoms with E-state index in [2.05, 4.69) is 10.2 Å². The molecule has 1 aliphatic heterocycles. The van der Waals surface area contributed by atoms with Crippen LogP contribution in [0.25, 0.3) is 0 Å². The Hall–Kier alpha value is -1.17. The van der Waals surface area contributed by atoms with Crippen LogP contribution in [-0.4, -0.2) is 49.4 Å². The molecular formula is C13H19FN2O2. The molecule has 0 spiro atoms. The zero-order valence-corrected chi connectivity index (χ0v) is 10.5. The Bertz CT molecular complexity index is 399. The van der Waals surface area contributed by atoms with Crippen LogP contribution in [0.2, 0.25) is 0 Å². The second-order valence-corrected chi connectivity index (χ2v) is 4.57. The summed E-state index contributed by atoms with van der Waals surface area (Å²) in [6.07, 6.45) is 0.186. The quantitative estimate of drug-likeness (QED) is 0.840.